The predicted octanol–water partition coefficient (Wildman–Crippen LogP) is 4.87. The number of ether oxygens (including phenoxy) is 2. The summed E-state index contributed by atoms with van der Waals surface area (Å²) in [6.07, 6.45) is 1.92. The van der Waals surface area contributed by atoms with E-state index in [-0.39, 0.29) is 12.3 Å². The Hall–Kier alpha value is -2.44. The zero-order valence-corrected chi connectivity index (χ0v) is 18.5. The zero-order valence-electron chi connectivity index (χ0n) is 18.5. The van der Waals surface area contributed by atoms with Gasteiger partial charge in [-0.25, -0.2) is 9.59 Å². The van der Waals surface area contributed by atoms with Crippen molar-refractivity contribution in [1.29, 1.82) is 0 Å². The van der Waals surface area contributed by atoms with Crippen LogP contribution in [0.15, 0.2) is 24.3 Å². The number of hydrogen-bond acceptors (Lipinski definition) is 5. The van der Waals surface area contributed by atoms with Crippen LogP contribution in [0.4, 0.5) is 15.3 Å². The van der Waals surface area contributed by atoms with Crippen molar-refractivity contribution >= 4 is 17.9 Å². The fraction of sp³-hybridized carbons (Fsp3) is 0.636. The molecule has 1 aromatic rings. The molecule has 7 nitrogen and oxygen atoms in total. The number of alkyl carbamates (subject to hydrolysis) is 1. The van der Waals surface area contributed by atoms with Crippen LogP contribution in [0.1, 0.15) is 66.4 Å². The Morgan fingerprint density at radius 1 is 1.03 bits per heavy atom. The van der Waals surface area contributed by atoms with Crippen LogP contribution in [-0.4, -0.2) is 41.0 Å². The molecule has 29 heavy (non-hydrogen) atoms. The van der Waals surface area contributed by atoms with Gasteiger partial charge in [0.1, 0.15) is 17.4 Å². The zero-order chi connectivity index (χ0) is 21.7. The standard InChI is InChI=1S/C22H35N3O4/c1-21(2,3)28-19(26)23-15-16-11-7-8-12-17(16)24-18-13-9-10-14-25(18)20(27)29-22(4,5)6/h7-8,11-12,18,24H,9-10,13-15H2,1-6H3,(H,23,26). The summed E-state index contributed by atoms with van der Waals surface area (Å²) in [6.45, 7) is 12.1. The summed E-state index contributed by atoms with van der Waals surface area (Å²) in [4.78, 5) is 26.4. The molecule has 1 aromatic carbocycles. The molecule has 1 atom stereocenters. The number of carbonyl (C=O) groups is 2. The molecule has 1 unspecified atom stereocenters. The average molecular weight is 406 g/mol. The monoisotopic (exact) mass is 405 g/mol. The molecule has 0 aliphatic carbocycles. The van der Waals surface area contributed by atoms with Crippen molar-refractivity contribution < 1.29 is 19.1 Å². The molecule has 7 heteroatoms. The van der Waals surface area contributed by atoms with E-state index in [1.165, 1.54) is 0 Å². The number of nitrogens with one attached hydrogen (secondary N) is 2. The maximum Gasteiger partial charge on any atom is 0.411 e. The van der Waals surface area contributed by atoms with Crippen LogP contribution >= 0.6 is 0 Å². The summed E-state index contributed by atoms with van der Waals surface area (Å²) >= 11 is 0. The van der Waals surface area contributed by atoms with Gasteiger partial charge in [-0.2, -0.15) is 0 Å². The Morgan fingerprint density at radius 2 is 1.69 bits per heavy atom. The lowest BCUT2D eigenvalue weighted by molar-refractivity contribution is 0.0130. The number of carbonyl (C=O) groups excluding carboxylic acids is 2. The minimum absolute atomic E-state index is 0.152. The lowest BCUT2D eigenvalue weighted by Gasteiger charge is -2.37. The lowest BCUT2D eigenvalue weighted by Crippen LogP contribution is -2.49. The molecular formula is C22H35N3O4. The lowest BCUT2D eigenvalue weighted by atomic mass is 10.1. The Kier molecular flexibility index (Phi) is 7.38. The van der Waals surface area contributed by atoms with Gasteiger partial charge in [0.25, 0.3) is 0 Å². The Bertz CT molecular complexity index is 707. The number of hydrogen-bond donors (Lipinski definition) is 2. The molecule has 1 heterocycles. The van der Waals surface area contributed by atoms with Crippen LogP contribution in [0, 0.1) is 0 Å². The van der Waals surface area contributed by atoms with Crippen LogP contribution in [0.5, 0.6) is 0 Å². The first kappa shape index (κ1) is 22.8. The fourth-order valence-corrected chi connectivity index (χ4v) is 3.10. The molecule has 1 aliphatic rings. The van der Waals surface area contributed by atoms with Crippen molar-refractivity contribution in [2.75, 3.05) is 11.9 Å². The molecule has 0 bridgehead atoms. The van der Waals surface area contributed by atoms with Crippen LogP contribution in [0.2, 0.25) is 0 Å². The number of para-hydroxylation sites is 1. The SMILES string of the molecule is CC(C)(C)OC(=O)NCc1ccccc1NC1CCCCN1C(=O)OC(C)(C)C. The largest absolute Gasteiger partial charge is 0.444 e. The molecule has 0 saturated carbocycles. The summed E-state index contributed by atoms with van der Waals surface area (Å²) in [6, 6.07) is 7.75. The molecule has 2 amide bonds. The van der Waals surface area contributed by atoms with Crippen molar-refractivity contribution in [3.05, 3.63) is 29.8 Å². The highest BCUT2D eigenvalue weighted by atomic mass is 16.6. The van der Waals surface area contributed by atoms with E-state index in [9.17, 15) is 9.59 Å². The van der Waals surface area contributed by atoms with Crippen LogP contribution in [-0.2, 0) is 16.0 Å². The van der Waals surface area contributed by atoms with Gasteiger partial charge >= 0.3 is 12.2 Å². The van der Waals surface area contributed by atoms with E-state index >= 15 is 0 Å². The van der Waals surface area contributed by atoms with E-state index in [2.05, 4.69) is 10.6 Å². The third-order valence-electron chi connectivity index (χ3n) is 4.29. The van der Waals surface area contributed by atoms with E-state index in [1.807, 2.05) is 65.8 Å². The number of nitrogens with zero attached hydrogens (tertiary/aromatic N) is 1. The van der Waals surface area contributed by atoms with Crippen molar-refractivity contribution in [3.63, 3.8) is 0 Å². The van der Waals surface area contributed by atoms with Crippen molar-refractivity contribution in [3.8, 4) is 0 Å². The van der Waals surface area contributed by atoms with Crippen molar-refractivity contribution in [1.82, 2.24) is 10.2 Å². The molecular weight excluding hydrogens is 370 g/mol. The molecule has 0 radical (unpaired) electrons. The highest BCUT2D eigenvalue weighted by Crippen LogP contribution is 2.24. The summed E-state index contributed by atoms with van der Waals surface area (Å²) in [7, 11) is 0. The van der Waals surface area contributed by atoms with E-state index < -0.39 is 17.3 Å². The number of rotatable bonds is 4. The van der Waals surface area contributed by atoms with Gasteiger partial charge in [-0.05, 0) is 72.4 Å². The van der Waals surface area contributed by atoms with Gasteiger partial charge < -0.3 is 20.1 Å². The second-order valence-corrected chi connectivity index (χ2v) is 9.34. The maximum absolute atomic E-state index is 12.6. The number of benzene rings is 1. The molecule has 1 aliphatic heterocycles. The predicted molar refractivity (Wildman–Crippen MR) is 114 cm³/mol. The smallest absolute Gasteiger partial charge is 0.411 e. The van der Waals surface area contributed by atoms with Gasteiger partial charge in [-0.3, -0.25) is 4.90 Å². The van der Waals surface area contributed by atoms with Gasteiger partial charge in [0.2, 0.25) is 0 Å². The second-order valence-electron chi connectivity index (χ2n) is 9.34. The highest BCUT2D eigenvalue weighted by Gasteiger charge is 2.30. The van der Waals surface area contributed by atoms with Gasteiger partial charge in [0, 0.05) is 18.8 Å². The first-order valence-corrected chi connectivity index (χ1v) is 10.3. The number of amides is 2. The van der Waals surface area contributed by atoms with Crippen molar-refractivity contribution in [2.24, 2.45) is 0 Å². The molecule has 1 saturated heterocycles. The third kappa shape index (κ3) is 7.83. The topological polar surface area (TPSA) is 79.9 Å². The minimum atomic E-state index is -0.544. The summed E-state index contributed by atoms with van der Waals surface area (Å²) in [5.74, 6) is 0. The van der Waals surface area contributed by atoms with Crippen LogP contribution in [0.25, 0.3) is 0 Å². The Balaban J connectivity index is 2.06. The Labute approximate surface area is 174 Å². The first-order chi connectivity index (χ1) is 13.4. The average Bonchev–Trinajstić information content (AvgIpc) is 2.58. The fourth-order valence-electron chi connectivity index (χ4n) is 3.10. The molecule has 2 rings (SSSR count). The number of likely N-dealkylation sites (tertiary alicyclic amines) is 1. The van der Waals surface area contributed by atoms with Gasteiger partial charge in [0.15, 0.2) is 0 Å². The number of anilines is 1. The van der Waals surface area contributed by atoms with Gasteiger partial charge in [-0.1, -0.05) is 18.2 Å². The minimum Gasteiger partial charge on any atom is -0.444 e. The molecule has 2 N–H and O–H groups in total. The normalized spacial score (nSPS) is 17.4. The molecule has 0 aromatic heterocycles. The van der Waals surface area contributed by atoms with Gasteiger partial charge in [-0.15, -0.1) is 0 Å². The van der Waals surface area contributed by atoms with Crippen molar-refractivity contribution in [2.45, 2.75) is 84.7 Å². The highest BCUT2D eigenvalue weighted by molar-refractivity contribution is 5.70. The summed E-state index contributed by atoms with van der Waals surface area (Å²) in [5, 5.41) is 6.26. The summed E-state index contributed by atoms with van der Waals surface area (Å²) < 4.78 is 10.9. The van der Waals surface area contributed by atoms with Crippen LogP contribution < -0.4 is 10.6 Å². The molecule has 1 fully saturated rings. The quantitative estimate of drug-likeness (QED) is 0.747. The van der Waals surface area contributed by atoms with Gasteiger partial charge in [0.05, 0.1) is 0 Å². The van der Waals surface area contributed by atoms with E-state index in [4.69, 9.17) is 9.47 Å². The molecule has 0 spiro atoms. The van der Waals surface area contributed by atoms with Crippen LogP contribution in [0.3, 0.4) is 0 Å². The third-order valence-corrected chi connectivity index (χ3v) is 4.29. The summed E-state index contributed by atoms with van der Waals surface area (Å²) in [5.41, 5.74) is 0.726. The maximum atomic E-state index is 12.6. The first-order valence-electron chi connectivity index (χ1n) is 10.3. The van der Waals surface area contributed by atoms with E-state index in [0.717, 1.165) is 30.5 Å². The van der Waals surface area contributed by atoms with E-state index in [1.54, 1.807) is 4.90 Å². The second kappa shape index (κ2) is 9.37. The van der Waals surface area contributed by atoms with E-state index in [0.29, 0.717) is 13.1 Å². The number of piperidine rings is 1. The molecule has 162 valence electrons. The Morgan fingerprint density at radius 3 is 2.34 bits per heavy atom.